The predicted octanol–water partition coefficient (Wildman–Crippen LogP) is 3.11. The maximum absolute atomic E-state index is 14.2. The number of sulfonamides is 1. The summed E-state index contributed by atoms with van der Waals surface area (Å²) in [5, 5.41) is 0. The van der Waals surface area contributed by atoms with Crippen LogP contribution in [0.3, 0.4) is 0 Å². The molecule has 0 saturated carbocycles. The number of anilines is 2. The van der Waals surface area contributed by atoms with Crippen LogP contribution in [0.2, 0.25) is 0 Å². The van der Waals surface area contributed by atoms with Crippen molar-refractivity contribution >= 4 is 27.6 Å². The summed E-state index contributed by atoms with van der Waals surface area (Å²) in [7, 11) is -1.59. The molecule has 0 bridgehead atoms. The number of aromatic nitrogens is 2. The van der Waals surface area contributed by atoms with Gasteiger partial charge in [0.1, 0.15) is 16.5 Å². The van der Waals surface area contributed by atoms with Gasteiger partial charge in [0, 0.05) is 18.3 Å². The van der Waals surface area contributed by atoms with E-state index >= 15 is 0 Å². The minimum absolute atomic E-state index is 0.0281. The zero-order valence-electron chi connectivity index (χ0n) is 16.8. The summed E-state index contributed by atoms with van der Waals surface area (Å²) < 4.78 is 65.0. The van der Waals surface area contributed by atoms with E-state index in [-0.39, 0.29) is 27.8 Å². The maximum Gasteiger partial charge on any atom is 0.344 e. The molecule has 3 heterocycles. The van der Waals surface area contributed by atoms with Gasteiger partial charge in [-0.1, -0.05) is 0 Å². The quantitative estimate of drug-likeness (QED) is 0.574. The van der Waals surface area contributed by atoms with Gasteiger partial charge in [0.2, 0.25) is 0 Å². The van der Waals surface area contributed by atoms with Crippen molar-refractivity contribution < 1.29 is 31.5 Å². The van der Waals surface area contributed by atoms with E-state index in [1.54, 1.807) is 0 Å². The lowest BCUT2D eigenvalue weighted by Gasteiger charge is -2.35. The normalized spacial score (nSPS) is 14.8. The Morgan fingerprint density at radius 1 is 1.03 bits per heavy atom. The van der Waals surface area contributed by atoms with Gasteiger partial charge in [-0.2, -0.15) is 4.31 Å². The van der Waals surface area contributed by atoms with Crippen LogP contribution in [0.15, 0.2) is 53.7 Å². The number of fused-ring (bicyclic) bond motifs is 1. The second-order valence-corrected chi connectivity index (χ2v) is 8.34. The van der Waals surface area contributed by atoms with E-state index in [2.05, 4.69) is 9.97 Å². The lowest BCUT2D eigenvalue weighted by atomic mass is 10.2. The third kappa shape index (κ3) is 3.47. The van der Waals surface area contributed by atoms with E-state index in [9.17, 15) is 22.0 Å². The molecule has 0 N–H and O–H groups in total. The number of carbonyl (C=O) groups excluding carboxylic acids is 1. The van der Waals surface area contributed by atoms with Gasteiger partial charge in [0.25, 0.3) is 10.0 Å². The van der Waals surface area contributed by atoms with Crippen LogP contribution in [0.25, 0.3) is 0 Å². The zero-order chi connectivity index (χ0) is 23.0. The molecule has 2 amide bonds. The molecule has 1 aromatic carbocycles. The smallest absolute Gasteiger partial charge is 0.344 e. The van der Waals surface area contributed by atoms with E-state index < -0.39 is 34.2 Å². The van der Waals surface area contributed by atoms with E-state index in [1.165, 1.54) is 50.7 Å². The van der Waals surface area contributed by atoms with Gasteiger partial charge in [-0.15, -0.1) is 0 Å². The number of hydrogen-bond acceptors (Lipinski definition) is 7. The second kappa shape index (κ2) is 8.04. The molecule has 1 aliphatic heterocycles. The van der Waals surface area contributed by atoms with Gasteiger partial charge in [-0.3, -0.25) is 9.88 Å². The van der Waals surface area contributed by atoms with Crippen molar-refractivity contribution in [1.82, 2.24) is 9.97 Å². The summed E-state index contributed by atoms with van der Waals surface area (Å²) >= 11 is 0. The standard InChI is InChI=1S/C20H16F2N4O5S/c1-30-16-6-5-13(9-17(16)31-2)26-20(27)25(11-15-14(22)8-12(21)10-24-15)19-18(32(26,28)29)4-3-7-23-19/h3-10H,11H2,1-2H3. The Balaban J connectivity index is 1.87. The molecule has 32 heavy (non-hydrogen) atoms. The minimum Gasteiger partial charge on any atom is -0.493 e. The van der Waals surface area contributed by atoms with Gasteiger partial charge < -0.3 is 9.47 Å². The Bertz CT molecular complexity index is 1320. The van der Waals surface area contributed by atoms with Crippen molar-refractivity contribution in [2.75, 3.05) is 23.4 Å². The van der Waals surface area contributed by atoms with Crippen LogP contribution in [0.1, 0.15) is 5.69 Å². The number of amides is 2. The molecule has 0 aliphatic carbocycles. The molecule has 2 aromatic heterocycles. The van der Waals surface area contributed by atoms with Crippen LogP contribution in [-0.2, 0) is 16.6 Å². The summed E-state index contributed by atoms with van der Waals surface area (Å²) in [5.74, 6) is -1.54. The molecule has 0 atom stereocenters. The Labute approximate surface area is 181 Å². The molecule has 9 nitrogen and oxygen atoms in total. The van der Waals surface area contributed by atoms with Crippen molar-refractivity contribution in [2.24, 2.45) is 0 Å². The van der Waals surface area contributed by atoms with E-state index in [1.807, 2.05) is 0 Å². The van der Waals surface area contributed by atoms with Gasteiger partial charge in [0.15, 0.2) is 17.3 Å². The average Bonchev–Trinajstić information content (AvgIpc) is 2.77. The number of ether oxygens (including phenoxy) is 2. The molecule has 0 fully saturated rings. The summed E-state index contributed by atoms with van der Waals surface area (Å²) in [6.45, 7) is -0.478. The highest BCUT2D eigenvalue weighted by molar-refractivity contribution is 7.94. The van der Waals surface area contributed by atoms with Crippen molar-refractivity contribution in [2.45, 2.75) is 11.4 Å². The third-order valence-electron chi connectivity index (χ3n) is 4.72. The van der Waals surface area contributed by atoms with Crippen LogP contribution in [0.4, 0.5) is 25.1 Å². The highest BCUT2D eigenvalue weighted by atomic mass is 32.2. The van der Waals surface area contributed by atoms with E-state index in [0.29, 0.717) is 16.1 Å². The van der Waals surface area contributed by atoms with Crippen molar-refractivity contribution in [3.63, 3.8) is 0 Å². The second-order valence-electron chi connectivity index (χ2n) is 6.58. The average molecular weight is 462 g/mol. The number of halogens is 2. The fourth-order valence-electron chi connectivity index (χ4n) is 3.24. The first-order valence-electron chi connectivity index (χ1n) is 9.11. The molecule has 0 radical (unpaired) electrons. The van der Waals surface area contributed by atoms with Crippen LogP contribution in [0, 0.1) is 11.6 Å². The first-order valence-corrected chi connectivity index (χ1v) is 10.6. The summed E-state index contributed by atoms with van der Waals surface area (Å²) in [6.07, 6.45) is 2.10. The van der Waals surface area contributed by atoms with Crippen molar-refractivity contribution in [3.05, 3.63) is 66.1 Å². The largest absolute Gasteiger partial charge is 0.493 e. The molecule has 12 heteroatoms. The molecular formula is C20H16F2N4O5S. The van der Waals surface area contributed by atoms with Gasteiger partial charge in [-0.25, -0.2) is 27.0 Å². The number of pyridine rings is 2. The van der Waals surface area contributed by atoms with Gasteiger partial charge in [0.05, 0.1) is 38.3 Å². The Morgan fingerprint density at radius 3 is 2.47 bits per heavy atom. The van der Waals surface area contributed by atoms with Gasteiger partial charge >= 0.3 is 6.03 Å². The number of urea groups is 1. The number of carbonyl (C=O) groups is 1. The molecule has 0 unspecified atom stereocenters. The van der Waals surface area contributed by atoms with E-state index in [0.717, 1.165) is 11.1 Å². The predicted molar refractivity (Wildman–Crippen MR) is 109 cm³/mol. The number of nitrogens with zero attached hydrogens (tertiary/aromatic N) is 4. The monoisotopic (exact) mass is 462 g/mol. The summed E-state index contributed by atoms with van der Waals surface area (Å²) in [6, 6.07) is 6.42. The summed E-state index contributed by atoms with van der Waals surface area (Å²) in [5.41, 5.74) is -0.289. The number of methoxy groups -OCH3 is 2. The van der Waals surface area contributed by atoms with Gasteiger partial charge in [-0.05, 0) is 24.3 Å². The molecule has 0 spiro atoms. The van der Waals surface area contributed by atoms with E-state index in [4.69, 9.17) is 9.47 Å². The zero-order valence-corrected chi connectivity index (χ0v) is 17.6. The van der Waals surface area contributed by atoms with Crippen LogP contribution in [-0.4, -0.2) is 38.6 Å². The Kier molecular flexibility index (Phi) is 5.38. The van der Waals surface area contributed by atoms with Crippen molar-refractivity contribution in [3.8, 4) is 11.5 Å². The lowest BCUT2D eigenvalue weighted by molar-refractivity contribution is 0.253. The fourth-order valence-corrected chi connectivity index (χ4v) is 4.78. The van der Waals surface area contributed by atoms with Crippen LogP contribution < -0.4 is 18.7 Å². The number of rotatable bonds is 5. The molecule has 3 aromatic rings. The minimum atomic E-state index is -4.36. The summed E-state index contributed by atoms with van der Waals surface area (Å²) in [4.78, 5) is 21.8. The molecule has 166 valence electrons. The molecule has 1 aliphatic rings. The first-order chi connectivity index (χ1) is 15.3. The first kappa shape index (κ1) is 21.4. The molecular weight excluding hydrogens is 446 g/mol. The molecule has 4 rings (SSSR count). The SMILES string of the molecule is COc1ccc(N2C(=O)N(Cc3ncc(F)cc3F)c3ncccc3S2(=O)=O)cc1OC. The number of benzene rings is 1. The third-order valence-corrected chi connectivity index (χ3v) is 6.45. The Morgan fingerprint density at radius 2 is 1.78 bits per heavy atom. The topological polar surface area (TPSA) is 102 Å². The molecule has 0 saturated heterocycles. The highest BCUT2D eigenvalue weighted by Crippen LogP contribution is 2.39. The van der Waals surface area contributed by atoms with Crippen molar-refractivity contribution in [1.29, 1.82) is 0 Å². The maximum atomic E-state index is 14.2. The fraction of sp³-hybridized carbons (Fsp3) is 0.150. The van der Waals surface area contributed by atoms with Crippen LogP contribution in [0.5, 0.6) is 11.5 Å². The Hall–Kier alpha value is -3.80. The number of hydrogen-bond donors (Lipinski definition) is 0. The van der Waals surface area contributed by atoms with Crippen LogP contribution >= 0.6 is 0 Å². The highest BCUT2D eigenvalue weighted by Gasteiger charge is 2.44. The lowest BCUT2D eigenvalue weighted by Crippen LogP contribution is -2.51.